The minimum atomic E-state index is 0.480. The van der Waals surface area contributed by atoms with Gasteiger partial charge in [-0.2, -0.15) is 4.98 Å². The summed E-state index contributed by atoms with van der Waals surface area (Å²) in [6.07, 6.45) is 8.39. The minimum Gasteiger partial charge on any atom is -0.497 e. The number of aromatic nitrogens is 3. The van der Waals surface area contributed by atoms with Crippen molar-refractivity contribution in [3.63, 3.8) is 0 Å². The molecule has 2 aliphatic rings. The highest BCUT2D eigenvalue weighted by molar-refractivity contribution is 5.61. The molecule has 162 valence electrons. The van der Waals surface area contributed by atoms with E-state index in [4.69, 9.17) is 9.26 Å². The summed E-state index contributed by atoms with van der Waals surface area (Å²) in [6.45, 7) is 4.69. The Balaban J connectivity index is 1.22. The van der Waals surface area contributed by atoms with E-state index in [9.17, 15) is 0 Å². The van der Waals surface area contributed by atoms with Gasteiger partial charge in [0.15, 0.2) is 0 Å². The van der Waals surface area contributed by atoms with Crippen molar-refractivity contribution in [2.24, 2.45) is 0 Å². The van der Waals surface area contributed by atoms with Crippen molar-refractivity contribution in [2.45, 2.75) is 38.1 Å². The van der Waals surface area contributed by atoms with Gasteiger partial charge in [-0.15, -0.1) is 0 Å². The average molecular weight is 420 g/mol. The Bertz CT molecular complexity index is 972. The molecular weight excluding hydrogens is 390 g/mol. The Morgan fingerprint density at radius 1 is 0.903 bits per heavy atom. The molecule has 0 spiro atoms. The van der Waals surface area contributed by atoms with Crippen LogP contribution in [-0.4, -0.2) is 59.4 Å². The molecule has 0 radical (unpaired) electrons. The van der Waals surface area contributed by atoms with Crippen molar-refractivity contribution >= 4 is 5.82 Å². The summed E-state index contributed by atoms with van der Waals surface area (Å²) in [7, 11) is 1.65. The maximum atomic E-state index is 5.48. The summed E-state index contributed by atoms with van der Waals surface area (Å²) in [5.41, 5.74) is 1.72. The van der Waals surface area contributed by atoms with Gasteiger partial charge in [-0.05, 0) is 75.2 Å². The fraction of sp³-hybridized carbons (Fsp3) is 0.458. The number of rotatable bonds is 5. The zero-order valence-electron chi connectivity index (χ0n) is 18.0. The molecule has 7 nitrogen and oxygen atoms in total. The van der Waals surface area contributed by atoms with Crippen molar-refractivity contribution in [2.75, 3.05) is 38.2 Å². The highest BCUT2D eigenvalue weighted by Gasteiger charge is 2.26. The molecule has 7 heteroatoms. The first-order valence-corrected chi connectivity index (χ1v) is 11.2. The van der Waals surface area contributed by atoms with Crippen LogP contribution in [0, 0.1) is 0 Å². The lowest BCUT2D eigenvalue weighted by molar-refractivity contribution is 0.141. The third-order valence-electron chi connectivity index (χ3n) is 6.46. The van der Waals surface area contributed by atoms with Gasteiger partial charge in [0.05, 0.1) is 12.7 Å². The lowest BCUT2D eigenvalue weighted by Crippen LogP contribution is -2.46. The van der Waals surface area contributed by atoms with Crippen LogP contribution in [0.5, 0.6) is 5.75 Å². The SMILES string of the molecule is COc1ccc(-c2noc(-c3ccc(N4CCC(N5CCCCC5)CC4)nc3)n2)cc1. The van der Waals surface area contributed by atoms with Crippen molar-refractivity contribution in [1.82, 2.24) is 20.0 Å². The average Bonchev–Trinajstić information content (AvgIpc) is 3.35. The predicted octanol–water partition coefficient (Wildman–Crippen LogP) is 4.26. The van der Waals surface area contributed by atoms with Gasteiger partial charge >= 0.3 is 0 Å². The van der Waals surface area contributed by atoms with Crippen molar-refractivity contribution in [3.8, 4) is 28.6 Å². The van der Waals surface area contributed by atoms with E-state index >= 15 is 0 Å². The molecule has 2 saturated heterocycles. The van der Waals surface area contributed by atoms with E-state index in [1.807, 2.05) is 36.5 Å². The summed E-state index contributed by atoms with van der Waals surface area (Å²) < 4.78 is 10.7. The quantitative estimate of drug-likeness (QED) is 0.612. The summed E-state index contributed by atoms with van der Waals surface area (Å²) in [5.74, 6) is 2.86. The predicted molar refractivity (Wildman–Crippen MR) is 120 cm³/mol. The zero-order valence-corrected chi connectivity index (χ0v) is 18.0. The summed E-state index contributed by atoms with van der Waals surface area (Å²) in [6, 6.07) is 12.4. The number of methoxy groups -OCH3 is 1. The van der Waals surface area contributed by atoms with E-state index in [0.29, 0.717) is 11.7 Å². The molecule has 2 aliphatic heterocycles. The van der Waals surface area contributed by atoms with Crippen LogP contribution in [0.3, 0.4) is 0 Å². The third-order valence-corrected chi connectivity index (χ3v) is 6.46. The number of pyridine rings is 1. The fourth-order valence-corrected chi connectivity index (χ4v) is 4.64. The zero-order chi connectivity index (χ0) is 21.0. The summed E-state index contributed by atoms with van der Waals surface area (Å²) in [4.78, 5) is 14.3. The van der Waals surface area contributed by atoms with E-state index in [-0.39, 0.29) is 0 Å². The van der Waals surface area contributed by atoms with Gasteiger partial charge < -0.3 is 19.1 Å². The number of likely N-dealkylation sites (tertiary alicyclic amines) is 1. The maximum absolute atomic E-state index is 5.48. The fourth-order valence-electron chi connectivity index (χ4n) is 4.64. The van der Waals surface area contributed by atoms with E-state index < -0.39 is 0 Å². The topological polar surface area (TPSA) is 67.5 Å². The monoisotopic (exact) mass is 419 g/mol. The number of hydrogen-bond donors (Lipinski definition) is 0. The molecular formula is C24H29N5O2. The van der Waals surface area contributed by atoms with Gasteiger partial charge in [0.25, 0.3) is 5.89 Å². The number of hydrogen-bond acceptors (Lipinski definition) is 7. The molecule has 2 aromatic heterocycles. The van der Waals surface area contributed by atoms with E-state index in [0.717, 1.165) is 41.8 Å². The first kappa shape index (κ1) is 20.0. The Kier molecular flexibility index (Phi) is 5.84. The van der Waals surface area contributed by atoms with Crippen molar-refractivity contribution in [3.05, 3.63) is 42.6 Å². The molecule has 0 amide bonds. The second kappa shape index (κ2) is 9.06. The summed E-state index contributed by atoms with van der Waals surface area (Å²) >= 11 is 0. The number of nitrogens with zero attached hydrogens (tertiary/aromatic N) is 5. The largest absolute Gasteiger partial charge is 0.497 e. The molecule has 0 N–H and O–H groups in total. The second-order valence-electron chi connectivity index (χ2n) is 8.37. The highest BCUT2D eigenvalue weighted by atomic mass is 16.5. The molecule has 3 aromatic rings. The molecule has 0 bridgehead atoms. The first-order chi connectivity index (χ1) is 15.3. The lowest BCUT2D eigenvalue weighted by Gasteiger charge is -2.40. The lowest BCUT2D eigenvalue weighted by atomic mass is 10.00. The molecule has 2 fully saturated rings. The third kappa shape index (κ3) is 4.42. The van der Waals surface area contributed by atoms with Crippen LogP contribution in [0.2, 0.25) is 0 Å². The van der Waals surface area contributed by atoms with Crippen LogP contribution in [0.4, 0.5) is 5.82 Å². The number of benzene rings is 1. The van der Waals surface area contributed by atoms with Crippen LogP contribution in [0.15, 0.2) is 47.1 Å². The maximum Gasteiger partial charge on any atom is 0.259 e. The van der Waals surface area contributed by atoms with Crippen molar-refractivity contribution in [1.29, 1.82) is 0 Å². The van der Waals surface area contributed by atoms with Gasteiger partial charge in [-0.1, -0.05) is 11.6 Å². The Morgan fingerprint density at radius 3 is 2.32 bits per heavy atom. The van der Waals surface area contributed by atoms with E-state index in [1.165, 1.54) is 45.2 Å². The van der Waals surface area contributed by atoms with Crippen LogP contribution in [0.1, 0.15) is 32.1 Å². The van der Waals surface area contributed by atoms with Gasteiger partial charge in [-0.3, -0.25) is 0 Å². The second-order valence-corrected chi connectivity index (χ2v) is 8.37. The molecule has 0 unspecified atom stereocenters. The number of anilines is 1. The van der Waals surface area contributed by atoms with Gasteiger partial charge in [0.1, 0.15) is 11.6 Å². The van der Waals surface area contributed by atoms with Gasteiger partial charge in [0.2, 0.25) is 5.82 Å². The smallest absolute Gasteiger partial charge is 0.259 e. The number of ether oxygens (including phenoxy) is 1. The Labute approximate surface area is 183 Å². The van der Waals surface area contributed by atoms with E-state index in [2.05, 4.69) is 31.0 Å². The van der Waals surface area contributed by atoms with E-state index in [1.54, 1.807) is 7.11 Å². The van der Waals surface area contributed by atoms with Crippen LogP contribution >= 0.6 is 0 Å². The molecule has 5 rings (SSSR count). The highest BCUT2D eigenvalue weighted by Crippen LogP contribution is 2.27. The summed E-state index contributed by atoms with van der Waals surface area (Å²) in [5, 5.41) is 4.11. The number of piperidine rings is 2. The first-order valence-electron chi connectivity index (χ1n) is 11.2. The molecule has 4 heterocycles. The minimum absolute atomic E-state index is 0.480. The van der Waals surface area contributed by atoms with Crippen LogP contribution in [0.25, 0.3) is 22.8 Å². The Hall–Kier alpha value is -2.93. The van der Waals surface area contributed by atoms with Crippen molar-refractivity contribution < 1.29 is 9.26 Å². The molecule has 31 heavy (non-hydrogen) atoms. The Morgan fingerprint density at radius 2 is 1.65 bits per heavy atom. The van der Waals surface area contributed by atoms with Gasteiger partial charge in [-0.25, -0.2) is 4.98 Å². The van der Waals surface area contributed by atoms with Gasteiger partial charge in [0, 0.05) is 30.9 Å². The molecule has 0 atom stereocenters. The molecule has 0 saturated carbocycles. The molecule has 0 aliphatic carbocycles. The van der Waals surface area contributed by atoms with Crippen LogP contribution in [-0.2, 0) is 0 Å². The van der Waals surface area contributed by atoms with Crippen LogP contribution < -0.4 is 9.64 Å². The standard InChI is InChI=1S/C24H29N5O2/c1-30-21-8-5-18(6-9-21)23-26-24(31-27-23)19-7-10-22(25-17-19)29-15-11-20(12-16-29)28-13-3-2-4-14-28/h5-10,17,20H,2-4,11-16H2,1H3. The normalized spacial score (nSPS) is 18.3. The molecule has 1 aromatic carbocycles.